The molecule has 0 atom stereocenters. The highest BCUT2D eigenvalue weighted by atomic mass is 32.2. The lowest BCUT2D eigenvalue weighted by Gasteiger charge is -2.08. The fraction of sp³-hybridized carbons (Fsp3) is 0.235. The van der Waals surface area contributed by atoms with Crippen LogP contribution < -0.4 is 10.5 Å². The SMILES string of the molecule is NS(=O)(=O)c1ccc2c(c1)/C(=C\c1cc3c([nH]1)CCCC3)C(=O)N2. The Hall–Kier alpha value is -2.38. The molecule has 6 nitrogen and oxygen atoms in total. The highest BCUT2D eigenvalue weighted by Gasteiger charge is 2.26. The van der Waals surface area contributed by atoms with Gasteiger partial charge in [-0.15, -0.1) is 0 Å². The summed E-state index contributed by atoms with van der Waals surface area (Å²) in [5, 5.41) is 7.94. The van der Waals surface area contributed by atoms with Crippen LogP contribution in [0.1, 0.15) is 35.4 Å². The number of rotatable bonds is 2. The van der Waals surface area contributed by atoms with Gasteiger partial charge in [0.15, 0.2) is 0 Å². The number of anilines is 1. The quantitative estimate of drug-likeness (QED) is 0.727. The number of nitrogens with two attached hydrogens (primary N) is 1. The molecule has 1 aliphatic carbocycles. The second kappa shape index (κ2) is 5.32. The van der Waals surface area contributed by atoms with Crippen molar-refractivity contribution in [1.82, 2.24) is 4.98 Å². The summed E-state index contributed by atoms with van der Waals surface area (Å²) in [6.07, 6.45) is 6.20. The Balaban J connectivity index is 1.79. The number of aromatic nitrogens is 1. The van der Waals surface area contributed by atoms with Crippen LogP contribution in [0.15, 0.2) is 29.2 Å². The molecule has 0 fully saturated rings. The van der Waals surface area contributed by atoms with E-state index in [0.29, 0.717) is 16.8 Å². The van der Waals surface area contributed by atoms with Gasteiger partial charge in [0.05, 0.1) is 10.5 Å². The van der Waals surface area contributed by atoms with Crippen molar-refractivity contribution >= 4 is 33.3 Å². The molecule has 1 amide bonds. The van der Waals surface area contributed by atoms with Crippen molar-refractivity contribution in [3.63, 3.8) is 0 Å². The van der Waals surface area contributed by atoms with Crippen LogP contribution in [0, 0.1) is 0 Å². The minimum Gasteiger partial charge on any atom is -0.359 e. The standard InChI is InChI=1S/C17H17N3O3S/c18-24(22,23)12-5-6-16-13(9-12)14(17(21)20-16)8-11-7-10-3-1-2-4-15(10)19-11/h5-9,19H,1-4H2,(H,20,21)(H2,18,22,23)/b14-8+. The van der Waals surface area contributed by atoms with Crippen molar-refractivity contribution in [1.29, 1.82) is 0 Å². The van der Waals surface area contributed by atoms with E-state index in [1.54, 1.807) is 12.1 Å². The zero-order chi connectivity index (χ0) is 16.9. The summed E-state index contributed by atoms with van der Waals surface area (Å²) in [7, 11) is -3.81. The maximum atomic E-state index is 12.3. The molecule has 0 radical (unpaired) electrons. The number of carbonyl (C=O) groups is 1. The Morgan fingerprint density at radius 1 is 1.12 bits per heavy atom. The zero-order valence-corrected chi connectivity index (χ0v) is 13.7. The molecular weight excluding hydrogens is 326 g/mol. The summed E-state index contributed by atoms with van der Waals surface area (Å²) in [6.45, 7) is 0. The van der Waals surface area contributed by atoms with E-state index < -0.39 is 10.0 Å². The first-order valence-electron chi connectivity index (χ1n) is 7.83. The third-order valence-corrected chi connectivity index (χ3v) is 5.45. The van der Waals surface area contributed by atoms with E-state index in [9.17, 15) is 13.2 Å². The normalized spacial score (nSPS) is 18.4. The molecular formula is C17H17N3O3S. The predicted molar refractivity (Wildman–Crippen MR) is 91.8 cm³/mol. The molecule has 0 spiro atoms. The van der Waals surface area contributed by atoms with Gasteiger partial charge in [0.2, 0.25) is 10.0 Å². The summed E-state index contributed by atoms with van der Waals surface area (Å²) in [6, 6.07) is 6.46. The summed E-state index contributed by atoms with van der Waals surface area (Å²) >= 11 is 0. The van der Waals surface area contributed by atoms with Crippen LogP contribution >= 0.6 is 0 Å². The molecule has 2 aliphatic rings. The number of sulfonamides is 1. The summed E-state index contributed by atoms with van der Waals surface area (Å²) in [5.41, 5.74) is 4.97. The lowest BCUT2D eigenvalue weighted by Crippen LogP contribution is -2.12. The van der Waals surface area contributed by atoms with Gasteiger partial charge in [0.25, 0.3) is 5.91 Å². The Morgan fingerprint density at radius 2 is 1.92 bits per heavy atom. The number of amides is 1. The molecule has 1 aliphatic heterocycles. The van der Waals surface area contributed by atoms with Crippen LogP contribution in [0.3, 0.4) is 0 Å². The van der Waals surface area contributed by atoms with Gasteiger partial charge in [-0.05, 0) is 61.6 Å². The summed E-state index contributed by atoms with van der Waals surface area (Å²) in [4.78, 5) is 15.6. The van der Waals surface area contributed by atoms with E-state index in [4.69, 9.17) is 5.14 Å². The van der Waals surface area contributed by atoms with Crippen molar-refractivity contribution in [2.45, 2.75) is 30.6 Å². The monoisotopic (exact) mass is 343 g/mol. The van der Waals surface area contributed by atoms with E-state index in [1.807, 2.05) is 0 Å². The minimum absolute atomic E-state index is 0.00516. The van der Waals surface area contributed by atoms with Gasteiger partial charge in [-0.2, -0.15) is 0 Å². The highest BCUT2D eigenvalue weighted by Crippen LogP contribution is 2.35. The molecule has 0 saturated heterocycles. The number of aryl methyl sites for hydroxylation is 2. The Kier molecular flexibility index (Phi) is 3.36. The first-order valence-corrected chi connectivity index (χ1v) is 9.37. The molecule has 2 heterocycles. The van der Waals surface area contributed by atoms with Gasteiger partial charge in [-0.25, -0.2) is 13.6 Å². The first kappa shape index (κ1) is 15.2. The van der Waals surface area contributed by atoms with Gasteiger partial charge in [0, 0.05) is 22.6 Å². The van der Waals surface area contributed by atoms with Crippen LogP contribution in [0.5, 0.6) is 0 Å². The molecule has 2 aromatic rings. The fourth-order valence-corrected chi connectivity index (χ4v) is 3.89. The lowest BCUT2D eigenvalue weighted by molar-refractivity contribution is -0.110. The van der Waals surface area contributed by atoms with Crippen molar-refractivity contribution in [2.24, 2.45) is 5.14 Å². The van der Waals surface area contributed by atoms with Crippen molar-refractivity contribution < 1.29 is 13.2 Å². The van der Waals surface area contributed by atoms with E-state index in [2.05, 4.69) is 16.4 Å². The van der Waals surface area contributed by atoms with Gasteiger partial charge in [-0.1, -0.05) is 0 Å². The number of fused-ring (bicyclic) bond motifs is 2. The molecule has 4 N–H and O–H groups in total. The van der Waals surface area contributed by atoms with Crippen LogP contribution in [0.25, 0.3) is 11.6 Å². The molecule has 0 bridgehead atoms. The number of aromatic amines is 1. The average molecular weight is 343 g/mol. The molecule has 0 saturated carbocycles. The fourth-order valence-electron chi connectivity index (χ4n) is 3.35. The number of benzene rings is 1. The number of primary sulfonamides is 1. The average Bonchev–Trinajstić information content (AvgIpc) is 3.07. The molecule has 24 heavy (non-hydrogen) atoms. The van der Waals surface area contributed by atoms with Crippen molar-refractivity contribution in [2.75, 3.05) is 5.32 Å². The highest BCUT2D eigenvalue weighted by molar-refractivity contribution is 7.89. The molecule has 1 aromatic heterocycles. The molecule has 7 heteroatoms. The van der Waals surface area contributed by atoms with Crippen LogP contribution in [-0.4, -0.2) is 19.3 Å². The number of hydrogen-bond acceptors (Lipinski definition) is 3. The second-order valence-electron chi connectivity index (χ2n) is 6.20. The number of nitrogens with one attached hydrogen (secondary N) is 2. The second-order valence-corrected chi connectivity index (χ2v) is 7.76. The zero-order valence-electron chi connectivity index (χ0n) is 12.9. The maximum Gasteiger partial charge on any atom is 0.256 e. The van der Waals surface area contributed by atoms with Crippen molar-refractivity contribution in [3.05, 3.63) is 46.8 Å². The third kappa shape index (κ3) is 2.55. The predicted octanol–water partition coefficient (Wildman–Crippen LogP) is 2.03. The van der Waals surface area contributed by atoms with Gasteiger partial charge >= 0.3 is 0 Å². The van der Waals surface area contributed by atoms with E-state index in [0.717, 1.165) is 18.5 Å². The maximum absolute atomic E-state index is 12.3. The minimum atomic E-state index is -3.81. The Morgan fingerprint density at radius 3 is 2.67 bits per heavy atom. The van der Waals surface area contributed by atoms with Gasteiger partial charge < -0.3 is 10.3 Å². The van der Waals surface area contributed by atoms with Gasteiger partial charge in [0.1, 0.15) is 0 Å². The Bertz CT molecular complexity index is 963. The smallest absolute Gasteiger partial charge is 0.256 e. The van der Waals surface area contributed by atoms with Crippen LogP contribution in [0.4, 0.5) is 5.69 Å². The van der Waals surface area contributed by atoms with E-state index in [-0.39, 0.29) is 10.8 Å². The van der Waals surface area contributed by atoms with Gasteiger partial charge in [-0.3, -0.25) is 4.79 Å². The topological polar surface area (TPSA) is 105 Å². The van der Waals surface area contributed by atoms with Crippen LogP contribution in [0.2, 0.25) is 0 Å². The third-order valence-electron chi connectivity index (χ3n) is 4.54. The summed E-state index contributed by atoms with van der Waals surface area (Å²) in [5.74, 6) is -0.246. The number of carbonyl (C=O) groups excluding carboxylic acids is 1. The number of H-pyrrole nitrogens is 1. The first-order chi connectivity index (χ1) is 11.4. The van der Waals surface area contributed by atoms with E-state index >= 15 is 0 Å². The Labute approximate surface area is 139 Å². The largest absolute Gasteiger partial charge is 0.359 e. The molecule has 4 rings (SSSR count). The van der Waals surface area contributed by atoms with E-state index in [1.165, 1.54) is 36.2 Å². The lowest BCUT2D eigenvalue weighted by atomic mass is 9.98. The van der Waals surface area contributed by atoms with Crippen molar-refractivity contribution in [3.8, 4) is 0 Å². The molecule has 124 valence electrons. The van der Waals surface area contributed by atoms with Crippen LogP contribution in [-0.2, 0) is 27.7 Å². The summed E-state index contributed by atoms with van der Waals surface area (Å²) < 4.78 is 23.1. The number of hydrogen-bond donors (Lipinski definition) is 3. The molecule has 0 unspecified atom stereocenters. The molecule has 1 aromatic carbocycles.